The van der Waals surface area contributed by atoms with Gasteiger partial charge in [0.2, 0.25) is 6.41 Å². The van der Waals surface area contributed by atoms with Crippen LogP contribution in [0.4, 0.5) is 5.69 Å². The average Bonchev–Trinajstić information content (AvgIpc) is 2.50. The molecule has 2 rings (SSSR count). The Bertz CT molecular complexity index is 452. The Labute approximate surface area is 87.8 Å². The van der Waals surface area contributed by atoms with Gasteiger partial charge in [0.25, 0.3) is 0 Å². The Morgan fingerprint density at radius 1 is 1.54 bits per heavy atom. The van der Waals surface area contributed by atoms with Crippen molar-refractivity contribution < 1.29 is 4.79 Å². The molecule has 1 aromatic heterocycles. The number of fused-ring (bicyclic) bond motifs is 1. The fourth-order valence-corrected chi connectivity index (χ4v) is 1.74. The Morgan fingerprint density at radius 2 is 2.38 bits per heavy atom. The lowest BCUT2D eigenvalue weighted by Gasteiger charge is -1.97. The summed E-state index contributed by atoms with van der Waals surface area (Å²) in [6.07, 6.45) is 0.649. The van der Waals surface area contributed by atoms with E-state index in [1.807, 2.05) is 18.2 Å². The molecule has 0 bridgehead atoms. The molecule has 0 saturated heterocycles. The number of carbonyl (C=O) groups is 1. The van der Waals surface area contributed by atoms with E-state index >= 15 is 0 Å². The second-order valence-electron chi connectivity index (χ2n) is 2.50. The highest BCUT2D eigenvalue weighted by molar-refractivity contribution is 14.1. The SMILES string of the molecule is O=CNc1cccc2c(I)[nH]nc12. The summed E-state index contributed by atoms with van der Waals surface area (Å²) in [6.45, 7) is 0. The summed E-state index contributed by atoms with van der Waals surface area (Å²) in [5, 5.41) is 10.6. The number of rotatable bonds is 2. The molecule has 0 saturated carbocycles. The molecule has 66 valence electrons. The Hall–Kier alpha value is -1.11. The number of anilines is 1. The third kappa shape index (κ3) is 1.39. The molecule has 1 amide bonds. The van der Waals surface area contributed by atoms with Gasteiger partial charge in [0.15, 0.2) is 0 Å². The molecule has 4 nitrogen and oxygen atoms in total. The minimum absolute atomic E-state index is 0.649. The molecule has 0 atom stereocenters. The van der Waals surface area contributed by atoms with Crippen molar-refractivity contribution in [3.05, 3.63) is 21.9 Å². The van der Waals surface area contributed by atoms with Gasteiger partial charge in [0.1, 0.15) is 9.22 Å². The summed E-state index contributed by atoms with van der Waals surface area (Å²) >= 11 is 2.16. The van der Waals surface area contributed by atoms with Gasteiger partial charge in [-0.15, -0.1) is 0 Å². The fourth-order valence-electron chi connectivity index (χ4n) is 1.19. The summed E-state index contributed by atoms with van der Waals surface area (Å²) in [5.74, 6) is 0. The monoisotopic (exact) mass is 287 g/mol. The minimum Gasteiger partial charge on any atom is -0.327 e. The van der Waals surface area contributed by atoms with E-state index in [0.717, 1.165) is 20.3 Å². The lowest BCUT2D eigenvalue weighted by molar-refractivity contribution is -0.105. The first-order valence-electron chi connectivity index (χ1n) is 3.65. The van der Waals surface area contributed by atoms with E-state index in [-0.39, 0.29) is 0 Å². The van der Waals surface area contributed by atoms with Crippen LogP contribution in [0.5, 0.6) is 0 Å². The van der Waals surface area contributed by atoms with Crippen molar-refractivity contribution >= 4 is 45.6 Å². The molecule has 0 radical (unpaired) electrons. The van der Waals surface area contributed by atoms with Gasteiger partial charge in [-0.05, 0) is 34.7 Å². The van der Waals surface area contributed by atoms with Crippen molar-refractivity contribution in [1.29, 1.82) is 0 Å². The van der Waals surface area contributed by atoms with E-state index in [4.69, 9.17) is 0 Å². The number of aromatic nitrogens is 2. The smallest absolute Gasteiger partial charge is 0.211 e. The van der Waals surface area contributed by atoms with Crippen LogP contribution >= 0.6 is 22.6 Å². The van der Waals surface area contributed by atoms with Gasteiger partial charge in [0.05, 0.1) is 5.69 Å². The summed E-state index contributed by atoms with van der Waals surface area (Å²) in [7, 11) is 0. The van der Waals surface area contributed by atoms with E-state index in [9.17, 15) is 4.79 Å². The van der Waals surface area contributed by atoms with Crippen LogP contribution in [-0.2, 0) is 4.79 Å². The summed E-state index contributed by atoms with van der Waals surface area (Å²) in [5.41, 5.74) is 1.52. The number of H-pyrrole nitrogens is 1. The predicted octanol–water partition coefficient (Wildman–Crippen LogP) is 1.74. The molecule has 0 aliphatic rings. The zero-order chi connectivity index (χ0) is 9.26. The number of aromatic amines is 1. The van der Waals surface area contributed by atoms with E-state index in [1.165, 1.54) is 0 Å². The maximum absolute atomic E-state index is 10.3. The number of carbonyl (C=O) groups excluding carboxylic acids is 1. The van der Waals surface area contributed by atoms with Gasteiger partial charge in [-0.25, -0.2) is 0 Å². The molecular formula is C8H6IN3O. The highest BCUT2D eigenvalue weighted by Crippen LogP contribution is 2.23. The van der Waals surface area contributed by atoms with Crippen molar-refractivity contribution in [3.63, 3.8) is 0 Å². The van der Waals surface area contributed by atoms with Crippen LogP contribution in [0.15, 0.2) is 18.2 Å². The number of nitrogens with one attached hydrogen (secondary N) is 2. The topological polar surface area (TPSA) is 57.8 Å². The van der Waals surface area contributed by atoms with Gasteiger partial charge in [-0.2, -0.15) is 5.10 Å². The zero-order valence-electron chi connectivity index (χ0n) is 6.54. The van der Waals surface area contributed by atoms with Crippen LogP contribution in [0.25, 0.3) is 10.9 Å². The summed E-state index contributed by atoms with van der Waals surface area (Å²) in [6, 6.07) is 5.65. The molecule has 0 spiro atoms. The van der Waals surface area contributed by atoms with Gasteiger partial charge in [0, 0.05) is 5.39 Å². The second kappa shape index (κ2) is 3.33. The van der Waals surface area contributed by atoms with Crippen molar-refractivity contribution in [3.8, 4) is 0 Å². The number of halogens is 1. The van der Waals surface area contributed by atoms with Crippen LogP contribution < -0.4 is 5.32 Å². The van der Waals surface area contributed by atoms with Crippen LogP contribution in [0.3, 0.4) is 0 Å². The molecule has 1 aromatic carbocycles. The number of para-hydroxylation sites is 1. The van der Waals surface area contributed by atoms with Crippen molar-refractivity contribution in [1.82, 2.24) is 10.2 Å². The van der Waals surface area contributed by atoms with Crippen molar-refractivity contribution in [2.24, 2.45) is 0 Å². The van der Waals surface area contributed by atoms with Crippen LogP contribution in [0.2, 0.25) is 0 Å². The second-order valence-corrected chi connectivity index (χ2v) is 3.58. The molecule has 0 aliphatic carbocycles. The van der Waals surface area contributed by atoms with Crippen molar-refractivity contribution in [2.75, 3.05) is 5.32 Å². The molecule has 5 heteroatoms. The lowest BCUT2D eigenvalue weighted by Crippen LogP contribution is -1.93. The maximum atomic E-state index is 10.3. The first kappa shape index (κ1) is 8.49. The summed E-state index contributed by atoms with van der Waals surface area (Å²) in [4.78, 5) is 10.3. The highest BCUT2D eigenvalue weighted by atomic mass is 127. The molecule has 13 heavy (non-hydrogen) atoms. The minimum atomic E-state index is 0.649. The standard InChI is InChI=1S/C8H6IN3O/c9-8-5-2-1-3-6(10-4-13)7(5)11-12-8/h1-4H,(H,10,13)(H,11,12). The molecule has 0 aliphatic heterocycles. The fraction of sp³-hybridized carbons (Fsp3) is 0. The molecule has 0 unspecified atom stereocenters. The van der Waals surface area contributed by atoms with Gasteiger partial charge in [-0.3, -0.25) is 9.89 Å². The number of benzene rings is 1. The number of nitrogens with zero attached hydrogens (tertiary/aromatic N) is 1. The van der Waals surface area contributed by atoms with E-state index in [0.29, 0.717) is 6.41 Å². The van der Waals surface area contributed by atoms with E-state index in [2.05, 4.69) is 38.1 Å². The van der Waals surface area contributed by atoms with E-state index in [1.54, 1.807) is 0 Å². The largest absolute Gasteiger partial charge is 0.327 e. The van der Waals surface area contributed by atoms with Crippen LogP contribution in [0, 0.1) is 3.70 Å². The predicted molar refractivity (Wildman–Crippen MR) is 58.5 cm³/mol. The number of hydrogen-bond donors (Lipinski definition) is 2. The van der Waals surface area contributed by atoms with Crippen molar-refractivity contribution in [2.45, 2.75) is 0 Å². The first-order chi connectivity index (χ1) is 6.33. The van der Waals surface area contributed by atoms with Crippen LogP contribution in [0.1, 0.15) is 0 Å². The third-order valence-corrected chi connectivity index (χ3v) is 2.58. The Balaban J connectivity index is 2.69. The molecule has 1 heterocycles. The highest BCUT2D eigenvalue weighted by Gasteiger charge is 2.05. The zero-order valence-corrected chi connectivity index (χ0v) is 8.70. The molecular weight excluding hydrogens is 281 g/mol. The molecule has 0 fully saturated rings. The maximum Gasteiger partial charge on any atom is 0.211 e. The van der Waals surface area contributed by atoms with Gasteiger partial charge < -0.3 is 5.32 Å². The Morgan fingerprint density at radius 3 is 3.15 bits per heavy atom. The average molecular weight is 287 g/mol. The first-order valence-corrected chi connectivity index (χ1v) is 4.73. The molecule has 2 N–H and O–H groups in total. The lowest BCUT2D eigenvalue weighted by atomic mass is 10.2. The normalized spacial score (nSPS) is 10.2. The summed E-state index contributed by atoms with van der Waals surface area (Å²) < 4.78 is 0.974. The van der Waals surface area contributed by atoms with Gasteiger partial charge in [-0.1, -0.05) is 6.07 Å². The molecule has 2 aromatic rings. The number of amides is 1. The van der Waals surface area contributed by atoms with E-state index < -0.39 is 0 Å². The number of hydrogen-bond acceptors (Lipinski definition) is 2. The van der Waals surface area contributed by atoms with Gasteiger partial charge >= 0.3 is 0 Å². The Kier molecular flexibility index (Phi) is 2.17. The third-order valence-electron chi connectivity index (χ3n) is 1.75. The van der Waals surface area contributed by atoms with Crippen LogP contribution in [-0.4, -0.2) is 16.6 Å². The quantitative estimate of drug-likeness (QED) is 0.653.